The largest absolute Gasteiger partial charge is 0.475 e. The first kappa shape index (κ1) is 10.3. The van der Waals surface area contributed by atoms with E-state index >= 15 is 0 Å². The van der Waals surface area contributed by atoms with Crippen LogP contribution >= 0.6 is 0 Å². The monoisotopic (exact) mass is 217 g/mol. The second kappa shape index (κ2) is 5.02. The molecule has 4 nitrogen and oxygen atoms in total. The number of rotatable bonds is 2. The lowest BCUT2D eigenvalue weighted by Gasteiger charge is -2.16. The van der Waals surface area contributed by atoms with Gasteiger partial charge in [0.25, 0.3) is 0 Å². The number of carbonyl (C=O) groups excluding carboxylic acids is 1. The average molecular weight is 217 g/mol. The average Bonchev–Trinajstić information content (AvgIpc) is 2.31. The maximum Gasteiger partial charge on any atom is 0.415 e. The van der Waals surface area contributed by atoms with Crippen molar-refractivity contribution in [3.63, 3.8) is 0 Å². The molecule has 1 aliphatic rings. The van der Waals surface area contributed by atoms with E-state index in [1.807, 2.05) is 6.07 Å². The van der Waals surface area contributed by atoms with E-state index in [0.717, 1.165) is 0 Å². The van der Waals surface area contributed by atoms with Gasteiger partial charge in [0.15, 0.2) is 6.23 Å². The van der Waals surface area contributed by atoms with E-state index < -0.39 is 12.3 Å². The lowest BCUT2D eigenvalue weighted by atomic mass is 10.3. The van der Waals surface area contributed by atoms with Gasteiger partial charge in [-0.05, 0) is 24.3 Å². The molecular formula is C12H11NO3. The molecule has 1 aromatic rings. The van der Waals surface area contributed by atoms with Crippen molar-refractivity contribution in [2.75, 3.05) is 0 Å². The van der Waals surface area contributed by atoms with E-state index in [2.05, 4.69) is 5.32 Å². The molecule has 2 rings (SSSR count). The fourth-order valence-electron chi connectivity index (χ4n) is 1.21. The molecule has 1 heterocycles. The van der Waals surface area contributed by atoms with Crippen LogP contribution in [0.1, 0.15) is 0 Å². The number of nitrogens with one attached hydrogen (secondary N) is 1. The number of amides is 1. The van der Waals surface area contributed by atoms with Gasteiger partial charge in [0.05, 0.1) is 6.26 Å². The minimum absolute atomic E-state index is 0.471. The summed E-state index contributed by atoms with van der Waals surface area (Å²) in [6, 6.07) is 8.85. The van der Waals surface area contributed by atoms with Crippen molar-refractivity contribution in [3.05, 3.63) is 54.8 Å². The summed E-state index contributed by atoms with van der Waals surface area (Å²) in [6.07, 6.45) is 5.73. The molecular weight excluding hydrogens is 206 g/mol. The van der Waals surface area contributed by atoms with Crippen LogP contribution in [-0.4, -0.2) is 12.3 Å². The molecule has 1 aliphatic heterocycles. The van der Waals surface area contributed by atoms with Crippen molar-refractivity contribution in [1.82, 2.24) is 5.32 Å². The summed E-state index contributed by atoms with van der Waals surface area (Å²) in [5.41, 5.74) is 0. The lowest BCUT2D eigenvalue weighted by molar-refractivity contribution is 0.135. The Morgan fingerprint density at radius 1 is 1.25 bits per heavy atom. The van der Waals surface area contributed by atoms with Gasteiger partial charge in [-0.15, -0.1) is 0 Å². The minimum Gasteiger partial charge on any atom is -0.475 e. The lowest BCUT2D eigenvalue weighted by Crippen LogP contribution is -2.37. The molecule has 0 radical (unpaired) electrons. The third kappa shape index (κ3) is 2.88. The molecule has 4 heteroatoms. The fourth-order valence-corrected chi connectivity index (χ4v) is 1.21. The first-order valence-electron chi connectivity index (χ1n) is 4.87. The van der Waals surface area contributed by atoms with Crippen LogP contribution in [0.4, 0.5) is 4.79 Å². The van der Waals surface area contributed by atoms with Gasteiger partial charge >= 0.3 is 6.09 Å². The quantitative estimate of drug-likeness (QED) is 0.826. The molecule has 1 N–H and O–H groups in total. The van der Waals surface area contributed by atoms with Crippen LogP contribution in [0.15, 0.2) is 54.8 Å². The topological polar surface area (TPSA) is 47.6 Å². The Kier molecular flexibility index (Phi) is 3.23. The zero-order chi connectivity index (χ0) is 11.2. The van der Waals surface area contributed by atoms with Gasteiger partial charge < -0.3 is 9.47 Å². The number of allylic oxidation sites excluding steroid dienone is 2. The summed E-state index contributed by atoms with van der Waals surface area (Å²) < 4.78 is 10.1. The smallest absolute Gasteiger partial charge is 0.415 e. The molecule has 1 amide bonds. The van der Waals surface area contributed by atoms with Crippen molar-refractivity contribution in [3.8, 4) is 5.75 Å². The Hall–Kier alpha value is -2.23. The first-order valence-corrected chi connectivity index (χ1v) is 4.87. The van der Waals surface area contributed by atoms with Gasteiger partial charge in [0.1, 0.15) is 5.75 Å². The second-order valence-electron chi connectivity index (χ2n) is 3.12. The number of para-hydroxylation sites is 1. The van der Waals surface area contributed by atoms with E-state index in [0.29, 0.717) is 5.75 Å². The van der Waals surface area contributed by atoms with Crippen LogP contribution in [0.3, 0.4) is 0 Å². The predicted molar refractivity (Wildman–Crippen MR) is 58.8 cm³/mol. The Balaban J connectivity index is 1.85. The van der Waals surface area contributed by atoms with Gasteiger partial charge in [-0.1, -0.05) is 24.3 Å². The standard InChI is InChI=1S/C12H11NO3/c14-12(13-11-8-4-5-9-15-11)16-10-6-2-1-3-7-10/h1-9,11H,(H,13,14). The summed E-state index contributed by atoms with van der Waals surface area (Å²) >= 11 is 0. The number of ether oxygens (including phenoxy) is 2. The van der Waals surface area contributed by atoms with Gasteiger partial charge in [-0.25, -0.2) is 4.79 Å². The zero-order valence-corrected chi connectivity index (χ0v) is 8.50. The molecule has 0 saturated carbocycles. The zero-order valence-electron chi connectivity index (χ0n) is 8.50. The van der Waals surface area contributed by atoms with E-state index in [4.69, 9.17) is 9.47 Å². The van der Waals surface area contributed by atoms with Crippen LogP contribution in [-0.2, 0) is 4.74 Å². The van der Waals surface area contributed by atoms with Crippen molar-refractivity contribution in [2.24, 2.45) is 0 Å². The molecule has 16 heavy (non-hydrogen) atoms. The Bertz CT molecular complexity index is 412. The van der Waals surface area contributed by atoms with E-state index in [1.165, 1.54) is 6.26 Å². The highest BCUT2D eigenvalue weighted by atomic mass is 16.6. The third-order valence-corrected chi connectivity index (χ3v) is 1.91. The predicted octanol–water partition coefficient (Wildman–Crippen LogP) is 2.20. The molecule has 1 atom stereocenters. The molecule has 0 bridgehead atoms. The molecule has 0 spiro atoms. The van der Waals surface area contributed by atoms with Crippen molar-refractivity contribution < 1.29 is 14.3 Å². The molecule has 0 saturated heterocycles. The SMILES string of the molecule is O=C(NC1C=CC=CO1)Oc1ccccc1. The Labute approximate surface area is 93.2 Å². The van der Waals surface area contributed by atoms with E-state index in [9.17, 15) is 4.79 Å². The van der Waals surface area contributed by atoms with Crippen molar-refractivity contribution >= 4 is 6.09 Å². The molecule has 1 aromatic carbocycles. The van der Waals surface area contributed by atoms with Crippen molar-refractivity contribution in [2.45, 2.75) is 6.23 Å². The second-order valence-corrected chi connectivity index (χ2v) is 3.12. The Morgan fingerprint density at radius 3 is 2.75 bits per heavy atom. The van der Waals surface area contributed by atoms with Crippen molar-refractivity contribution in [1.29, 1.82) is 0 Å². The van der Waals surface area contributed by atoms with Crippen LogP contribution in [0.25, 0.3) is 0 Å². The highest BCUT2D eigenvalue weighted by Gasteiger charge is 2.11. The van der Waals surface area contributed by atoms with Crippen LogP contribution < -0.4 is 10.1 Å². The van der Waals surface area contributed by atoms with E-state index in [-0.39, 0.29) is 0 Å². The van der Waals surface area contributed by atoms with Gasteiger partial charge in [0.2, 0.25) is 0 Å². The summed E-state index contributed by atoms with van der Waals surface area (Å²) in [7, 11) is 0. The highest BCUT2D eigenvalue weighted by Crippen LogP contribution is 2.08. The molecule has 1 unspecified atom stereocenters. The number of hydrogen-bond acceptors (Lipinski definition) is 3. The van der Waals surface area contributed by atoms with Gasteiger partial charge in [-0.3, -0.25) is 5.32 Å². The van der Waals surface area contributed by atoms with Crippen LogP contribution in [0.2, 0.25) is 0 Å². The van der Waals surface area contributed by atoms with Crippen LogP contribution in [0, 0.1) is 0 Å². The molecule has 0 fully saturated rings. The Morgan fingerprint density at radius 2 is 2.06 bits per heavy atom. The summed E-state index contributed by atoms with van der Waals surface area (Å²) in [4.78, 5) is 11.4. The third-order valence-electron chi connectivity index (χ3n) is 1.91. The molecule has 0 aromatic heterocycles. The van der Waals surface area contributed by atoms with Gasteiger partial charge in [0, 0.05) is 0 Å². The van der Waals surface area contributed by atoms with Crippen LogP contribution in [0.5, 0.6) is 5.75 Å². The molecule has 0 aliphatic carbocycles. The number of hydrogen-bond donors (Lipinski definition) is 1. The first-order chi connectivity index (χ1) is 7.84. The fraction of sp³-hybridized carbons (Fsp3) is 0.0833. The highest BCUT2D eigenvalue weighted by molar-refractivity contribution is 5.70. The maximum absolute atomic E-state index is 11.4. The minimum atomic E-state index is -0.545. The normalized spacial score (nSPS) is 17.6. The van der Waals surface area contributed by atoms with E-state index in [1.54, 1.807) is 42.5 Å². The number of benzene rings is 1. The summed E-state index contributed by atoms with van der Waals surface area (Å²) in [5, 5.41) is 2.55. The summed E-state index contributed by atoms with van der Waals surface area (Å²) in [6.45, 7) is 0. The van der Waals surface area contributed by atoms with Gasteiger partial charge in [-0.2, -0.15) is 0 Å². The summed E-state index contributed by atoms with van der Waals surface area (Å²) in [5.74, 6) is 0.496. The number of carbonyl (C=O) groups is 1. The maximum atomic E-state index is 11.4. The molecule has 82 valence electrons.